The van der Waals surface area contributed by atoms with E-state index < -0.39 is 0 Å². The number of ether oxygens (including phenoxy) is 1. The van der Waals surface area contributed by atoms with E-state index >= 15 is 0 Å². The molecule has 6 nitrogen and oxygen atoms in total. The molecule has 3 heterocycles. The Morgan fingerprint density at radius 3 is 2.70 bits per heavy atom. The van der Waals surface area contributed by atoms with E-state index in [4.69, 9.17) is 4.74 Å². The minimum absolute atomic E-state index is 0.00298. The molecule has 3 aliphatic heterocycles. The largest absolute Gasteiger partial charge is 0.373 e. The molecule has 3 saturated heterocycles. The number of rotatable bonds is 4. The smallest absolute Gasteiger partial charge is 0.315 e. The zero-order valence-corrected chi connectivity index (χ0v) is 14.6. The van der Waals surface area contributed by atoms with E-state index in [9.17, 15) is 4.79 Å². The molecule has 23 heavy (non-hydrogen) atoms. The van der Waals surface area contributed by atoms with Gasteiger partial charge in [-0.1, -0.05) is 6.42 Å². The van der Waals surface area contributed by atoms with E-state index in [-0.39, 0.29) is 18.2 Å². The average molecular weight is 324 g/mol. The zero-order chi connectivity index (χ0) is 16.2. The van der Waals surface area contributed by atoms with Crippen LogP contribution in [-0.4, -0.2) is 79.4 Å². The maximum absolute atomic E-state index is 12.2. The average Bonchev–Trinajstić information content (AvgIpc) is 2.90. The number of hydrogen-bond acceptors (Lipinski definition) is 4. The van der Waals surface area contributed by atoms with Gasteiger partial charge in [0, 0.05) is 44.8 Å². The van der Waals surface area contributed by atoms with Crippen molar-refractivity contribution in [3.05, 3.63) is 0 Å². The number of amides is 2. The summed E-state index contributed by atoms with van der Waals surface area (Å²) in [4.78, 5) is 17.1. The molecule has 3 aliphatic rings. The second kappa shape index (κ2) is 7.81. The van der Waals surface area contributed by atoms with Crippen molar-refractivity contribution >= 4 is 6.03 Å². The van der Waals surface area contributed by atoms with Gasteiger partial charge in [0.1, 0.15) is 0 Å². The molecule has 2 amide bonds. The summed E-state index contributed by atoms with van der Waals surface area (Å²) in [5.41, 5.74) is 0. The van der Waals surface area contributed by atoms with E-state index in [1.807, 2.05) is 0 Å². The molecule has 0 bridgehead atoms. The third-order valence-corrected chi connectivity index (χ3v) is 5.38. The standard InChI is InChI=1S/C17H32N4O2/c1-13-11-20(12-14(2)23-13)10-7-18-17(22)19-15-6-9-21-8-4-3-5-16(15)21/h13-16H,3-12H2,1-2H3,(H2,18,19,22). The minimum Gasteiger partial charge on any atom is -0.373 e. The molecule has 0 aromatic heterocycles. The highest BCUT2D eigenvalue weighted by Gasteiger charge is 2.36. The molecular weight excluding hydrogens is 292 g/mol. The molecule has 132 valence electrons. The molecular formula is C17H32N4O2. The van der Waals surface area contributed by atoms with Gasteiger partial charge in [0.05, 0.1) is 12.2 Å². The van der Waals surface area contributed by atoms with Gasteiger partial charge in [0.15, 0.2) is 0 Å². The van der Waals surface area contributed by atoms with Gasteiger partial charge in [0.25, 0.3) is 0 Å². The highest BCUT2D eigenvalue weighted by molar-refractivity contribution is 5.74. The first-order valence-electron chi connectivity index (χ1n) is 9.28. The van der Waals surface area contributed by atoms with Crippen LogP contribution < -0.4 is 10.6 Å². The second-order valence-corrected chi connectivity index (χ2v) is 7.41. The topological polar surface area (TPSA) is 56.8 Å². The number of nitrogens with zero attached hydrogens (tertiary/aromatic N) is 2. The molecule has 0 aromatic rings. The summed E-state index contributed by atoms with van der Waals surface area (Å²) >= 11 is 0. The van der Waals surface area contributed by atoms with Crippen LogP contribution in [0.25, 0.3) is 0 Å². The minimum atomic E-state index is -0.00298. The number of piperidine rings is 1. The van der Waals surface area contributed by atoms with E-state index in [0.717, 1.165) is 32.6 Å². The summed E-state index contributed by atoms with van der Waals surface area (Å²) in [5, 5.41) is 6.23. The van der Waals surface area contributed by atoms with Crippen molar-refractivity contribution in [2.24, 2.45) is 0 Å². The lowest BCUT2D eigenvalue weighted by Gasteiger charge is -2.35. The van der Waals surface area contributed by atoms with Crippen LogP contribution in [0.5, 0.6) is 0 Å². The molecule has 0 spiro atoms. The monoisotopic (exact) mass is 324 g/mol. The molecule has 3 rings (SSSR count). The van der Waals surface area contributed by atoms with Crippen LogP contribution in [0.15, 0.2) is 0 Å². The molecule has 0 aliphatic carbocycles. The maximum Gasteiger partial charge on any atom is 0.315 e. The number of nitrogens with one attached hydrogen (secondary N) is 2. The highest BCUT2D eigenvalue weighted by atomic mass is 16.5. The number of hydrogen-bond donors (Lipinski definition) is 2. The molecule has 0 saturated carbocycles. The number of morpholine rings is 1. The van der Waals surface area contributed by atoms with Gasteiger partial charge in [0.2, 0.25) is 0 Å². The predicted molar refractivity (Wildman–Crippen MR) is 90.6 cm³/mol. The lowest BCUT2D eigenvalue weighted by molar-refractivity contribution is -0.0672. The van der Waals surface area contributed by atoms with Crippen molar-refractivity contribution in [2.75, 3.05) is 39.3 Å². The number of carbonyl (C=O) groups is 1. The molecule has 4 atom stereocenters. The first-order valence-corrected chi connectivity index (χ1v) is 9.28. The maximum atomic E-state index is 12.2. The van der Waals surface area contributed by atoms with E-state index in [0.29, 0.717) is 18.6 Å². The SMILES string of the molecule is CC1CN(CCNC(=O)NC2CCN3CCCCC23)CC(C)O1. The fourth-order valence-corrected chi connectivity index (χ4v) is 4.43. The molecule has 6 heteroatoms. The van der Waals surface area contributed by atoms with Crippen molar-refractivity contribution in [2.45, 2.75) is 63.8 Å². The van der Waals surface area contributed by atoms with Crippen LogP contribution >= 0.6 is 0 Å². The van der Waals surface area contributed by atoms with Gasteiger partial charge in [-0.2, -0.15) is 0 Å². The van der Waals surface area contributed by atoms with Crippen LogP contribution in [0.4, 0.5) is 4.79 Å². The Labute approximate surface area is 139 Å². The Kier molecular flexibility index (Phi) is 5.77. The molecule has 0 radical (unpaired) electrons. The molecule has 0 aromatic carbocycles. The summed E-state index contributed by atoms with van der Waals surface area (Å²) < 4.78 is 5.74. The molecule has 3 fully saturated rings. The fraction of sp³-hybridized carbons (Fsp3) is 0.941. The molecule has 4 unspecified atom stereocenters. The quantitative estimate of drug-likeness (QED) is 0.811. The van der Waals surface area contributed by atoms with Crippen LogP contribution in [-0.2, 0) is 4.74 Å². The van der Waals surface area contributed by atoms with Crippen LogP contribution in [0.3, 0.4) is 0 Å². The number of carbonyl (C=O) groups excluding carboxylic acids is 1. The van der Waals surface area contributed by atoms with E-state index in [2.05, 4.69) is 34.3 Å². The normalized spacial score (nSPS) is 35.7. The Morgan fingerprint density at radius 1 is 1.13 bits per heavy atom. The Balaban J connectivity index is 1.35. The summed E-state index contributed by atoms with van der Waals surface area (Å²) in [6.45, 7) is 10.1. The van der Waals surface area contributed by atoms with Crippen LogP contribution in [0.2, 0.25) is 0 Å². The van der Waals surface area contributed by atoms with Crippen molar-refractivity contribution in [3.8, 4) is 0 Å². The lowest BCUT2D eigenvalue weighted by Crippen LogP contribution is -2.51. The third kappa shape index (κ3) is 4.58. The van der Waals surface area contributed by atoms with Gasteiger partial charge in [-0.3, -0.25) is 9.80 Å². The van der Waals surface area contributed by atoms with Gasteiger partial charge in [-0.05, 0) is 39.7 Å². The summed E-state index contributed by atoms with van der Waals surface area (Å²) in [5.74, 6) is 0. The lowest BCUT2D eigenvalue weighted by atomic mass is 9.99. The van der Waals surface area contributed by atoms with Gasteiger partial charge in [-0.15, -0.1) is 0 Å². The predicted octanol–water partition coefficient (Wildman–Crippen LogP) is 1.02. The summed E-state index contributed by atoms with van der Waals surface area (Å²) in [6.07, 6.45) is 5.50. The highest BCUT2D eigenvalue weighted by Crippen LogP contribution is 2.26. The summed E-state index contributed by atoms with van der Waals surface area (Å²) in [7, 11) is 0. The van der Waals surface area contributed by atoms with Crippen LogP contribution in [0, 0.1) is 0 Å². The first-order chi connectivity index (χ1) is 11.1. The van der Waals surface area contributed by atoms with E-state index in [1.165, 1.54) is 25.8 Å². The van der Waals surface area contributed by atoms with Crippen molar-refractivity contribution in [1.82, 2.24) is 20.4 Å². The Bertz CT molecular complexity index is 396. The van der Waals surface area contributed by atoms with E-state index in [1.54, 1.807) is 0 Å². The van der Waals surface area contributed by atoms with Gasteiger partial charge >= 0.3 is 6.03 Å². The van der Waals surface area contributed by atoms with Gasteiger partial charge in [-0.25, -0.2) is 4.79 Å². The Morgan fingerprint density at radius 2 is 1.91 bits per heavy atom. The summed E-state index contributed by atoms with van der Waals surface area (Å²) in [6, 6.07) is 0.894. The first kappa shape index (κ1) is 17.0. The number of urea groups is 1. The number of fused-ring (bicyclic) bond motifs is 1. The zero-order valence-electron chi connectivity index (χ0n) is 14.6. The van der Waals surface area contributed by atoms with Crippen molar-refractivity contribution in [3.63, 3.8) is 0 Å². The Hall–Kier alpha value is -0.850. The van der Waals surface area contributed by atoms with Gasteiger partial charge < -0.3 is 15.4 Å². The van der Waals surface area contributed by atoms with Crippen LogP contribution in [0.1, 0.15) is 39.5 Å². The second-order valence-electron chi connectivity index (χ2n) is 7.41. The van der Waals surface area contributed by atoms with Crippen molar-refractivity contribution in [1.29, 1.82) is 0 Å². The third-order valence-electron chi connectivity index (χ3n) is 5.38. The van der Waals surface area contributed by atoms with Crippen molar-refractivity contribution < 1.29 is 9.53 Å². The molecule has 2 N–H and O–H groups in total. The fourth-order valence-electron chi connectivity index (χ4n) is 4.43.